The largest absolute Gasteiger partial charge is 0.382 e. The Kier molecular flexibility index (Phi) is 8.88. The number of nitrogens with zero attached hydrogens (tertiary/aromatic N) is 1. The summed E-state index contributed by atoms with van der Waals surface area (Å²) in [6.45, 7) is 9.31. The molecular formula is C16H32N2O3. The summed E-state index contributed by atoms with van der Waals surface area (Å²) >= 11 is 0. The number of nitrogens with one attached hydrogen (secondary N) is 1. The Morgan fingerprint density at radius 3 is 2.62 bits per heavy atom. The fraction of sp³-hybridized carbons (Fsp3) is 0.938. The van der Waals surface area contributed by atoms with Crippen molar-refractivity contribution in [2.45, 2.75) is 58.7 Å². The molecule has 1 rings (SSSR count). The molecule has 2 atom stereocenters. The summed E-state index contributed by atoms with van der Waals surface area (Å²) < 4.78 is 10.4. The van der Waals surface area contributed by atoms with E-state index in [0.29, 0.717) is 19.1 Å². The lowest BCUT2D eigenvalue weighted by molar-refractivity contribution is -0.130. The van der Waals surface area contributed by atoms with Crippen molar-refractivity contribution in [1.82, 2.24) is 10.2 Å². The van der Waals surface area contributed by atoms with Crippen molar-refractivity contribution in [1.29, 1.82) is 0 Å². The van der Waals surface area contributed by atoms with Crippen LogP contribution in [0, 0.1) is 5.92 Å². The zero-order valence-electron chi connectivity index (χ0n) is 14.1. The number of hydrogen-bond acceptors (Lipinski definition) is 4. The third kappa shape index (κ3) is 6.32. The lowest BCUT2D eigenvalue weighted by Gasteiger charge is -2.23. The van der Waals surface area contributed by atoms with Crippen LogP contribution in [0.4, 0.5) is 0 Å². The van der Waals surface area contributed by atoms with Crippen LogP contribution >= 0.6 is 0 Å². The maximum atomic E-state index is 12.4. The van der Waals surface area contributed by atoms with E-state index in [9.17, 15) is 4.79 Å². The van der Waals surface area contributed by atoms with Gasteiger partial charge in [0.05, 0.1) is 25.4 Å². The molecule has 1 aliphatic heterocycles. The molecule has 0 aromatic carbocycles. The van der Waals surface area contributed by atoms with Crippen LogP contribution < -0.4 is 5.32 Å². The third-order valence-electron chi connectivity index (χ3n) is 3.81. The van der Waals surface area contributed by atoms with Crippen molar-refractivity contribution in [3.63, 3.8) is 0 Å². The van der Waals surface area contributed by atoms with Crippen LogP contribution in [0.25, 0.3) is 0 Å². The standard InChI is InChI=1S/C16H32N2O3/c1-5-15-17-14(12-13(2)3)16(19)18(15)8-6-7-9-21-11-10-20-4/h13-15,17H,5-12H2,1-4H3. The molecule has 1 amide bonds. The van der Waals surface area contributed by atoms with Gasteiger partial charge in [0.1, 0.15) is 0 Å². The molecule has 1 N–H and O–H groups in total. The highest BCUT2D eigenvalue weighted by molar-refractivity contribution is 5.84. The molecule has 1 saturated heterocycles. The summed E-state index contributed by atoms with van der Waals surface area (Å²) in [5.74, 6) is 0.814. The van der Waals surface area contributed by atoms with E-state index in [1.165, 1.54) is 0 Å². The van der Waals surface area contributed by atoms with Crippen molar-refractivity contribution in [3.05, 3.63) is 0 Å². The summed E-state index contributed by atoms with van der Waals surface area (Å²) in [5.41, 5.74) is 0. The van der Waals surface area contributed by atoms with Crippen LogP contribution in [0.2, 0.25) is 0 Å². The molecule has 0 bridgehead atoms. The Bertz CT molecular complexity index is 297. The first-order valence-corrected chi connectivity index (χ1v) is 8.23. The highest BCUT2D eigenvalue weighted by Gasteiger charge is 2.37. The zero-order valence-corrected chi connectivity index (χ0v) is 14.1. The van der Waals surface area contributed by atoms with Gasteiger partial charge in [-0.05, 0) is 31.6 Å². The Hall–Kier alpha value is -0.650. The predicted octanol–water partition coefficient (Wildman–Crippen LogP) is 2.01. The van der Waals surface area contributed by atoms with E-state index >= 15 is 0 Å². The number of hydrogen-bond donors (Lipinski definition) is 1. The van der Waals surface area contributed by atoms with Crippen molar-refractivity contribution >= 4 is 5.91 Å². The fourth-order valence-electron chi connectivity index (χ4n) is 2.72. The third-order valence-corrected chi connectivity index (χ3v) is 3.81. The monoisotopic (exact) mass is 300 g/mol. The average molecular weight is 300 g/mol. The summed E-state index contributed by atoms with van der Waals surface area (Å²) in [7, 11) is 1.67. The number of methoxy groups -OCH3 is 1. The minimum atomic E-state index is 0.00732. The molecule has 1 aliphatic rings. The molecule has 5 nitrogen and oxygen atoms in total. The molecule has 1 heterocycles. The van der Waals surface area contributed by atoms with E-state index in [0.717, 1.165) is 38.8 Å². The molecule has 0 radical (unpaired) electrons. The van der Waals surface area contributed by atoms with Gasteiger partial charge in [-0.3, -0.25) is 10.1 Å². The van der Waals surface area contributed by atoms with E-state index in [1.54, 1.807) is 7.11 Å². The molecule has 124 valence electrons. The molecule has 5 heteroatoms. The van der Waals surface area contributed by atoms with Crippen molar-refractivity contribution in [2.24, 2.45) is 5.92 Å². The van der Waals surface area contributed by atoms with Crippen LogP contribution in [-0.4, -0.2) is 56.5 Å². The maximum Gasteiger partial charge on any atom is 0.241 e. The molecular weight excluding hydrogens is 268 g/mol. The number of rotatable bonds is 11. The summed E-state index contributed by atoms with van der Waals surface area (Å²) in [6, 6.07) is 0.00732. The highest BCUT2D eigenvalue weighted by atomic mass is 16.5. The number of unbranched alkanes of at least 4 members (excludes halogenated alkanes) is 1. The van der Waals surface area contributed by atoms with Gasteiger partial charge in [-0.15, -0.1) is 0 Å². The van der Waals surface area contributed by atoms with Crippen LogP contribution in [0.15, 0.2) is 0 Å². The van der Waals surface area contributed by atoms with E-state index in [1.807, 2.05) is 4.90 Å². The first-order chi connectivity index (χ1) is 10.1. The number of carbonyl (C=O) groups excluding carboxylic acids is 1. The van der Waals surface area contributed by atoms with E-state index in [2.05, 4.69) is 26.1 Å². The minimum Gasteiger partial charge on any atom is -0.382 e. The quantitative estimate of drug-likeness (QED) is 0.593. The number of carbonyl (C=O) groups is 1. The molecule has 0 aromatic heterocycles. The minimum absolute atomic E-state index is 0.00732. The van der Waals surface area contributed by atoms with Gasteiger partial charge in [-0.25, -0.2) is 0 Å². The summed E-state index contributed by atoms with van der Waals surface area (Å²) in [5, 5.41) is 3.47. The van der Waals surface area contributed by atoms with Crippen molar-refractivity contribution in [3.8, 4) is 0 Å². The van der Waals surface area contributed by atoms with Crippen LogP contribution in [0.1, 0.15) is 46.5 Å². The fourth-order valence-corrected chi connectivity index (χ4v) is 2.72. The molecule has 2 unspecified atom stereocenters. The van der Waals surface area contributed by atoms with Crippen molar-refractivity contribution < 1.29 is 14.3 Å². The zero-order chi connectivity index (χ0) is 15.7. The molecule has 1 fully saturated rings. The average Bonchev–Trinajstić information content (AvgIpc) is 2.74. The SMILES string of the molecule is CCC1NC(CC(C)C)C(=O)N1CCCCOCCOC. The van der Waals surface area contributed by atoms with Gasteiger partial charge in [0.25, 0.3) is 0 Å². The van der Waals surface area contributed by atoms with Gasteiger partial charge in [-0.2, -0.15) is 0 Å². The van der Waals surface area contributed by atoms with Crippen LogP contribution in [-0.2, 0) is 14.3 Å². The highest BCUT2D eigenvalue weighted by Crippen LogP contribution is 2.19. The first kappa shape index (κ1) is 18.4. The van der Waals surface area contributed by atoms with E-state index < -0.39 is 0 Å². The van der Waals surface area contributed by atoms with Gasteiger partial charge < -0.3 is 14.4 Å². The second kappa shape index (κ2) is 10.1. The molecule has 21 heavy (non-hydrogen) atoms. The summed E-state index contributed by atoms with van der Waals surface area (Å²) in [4.78, 5) is 14.4. The maximum absolute atomic E-state index is 12.4. The molecule has 0 aliphatic carbocycles. The van der Waals surface area contributed by atoms with Crippen LogP contribution in [0.3, 0.4) is 0 Å². The van der Waals surface area contributed by atoms with Crippen LogP contribution in [0.5, 0.6) is 0 Å². The first-order valence-electron chi connectivity index (χ1n) is 8.23. The van der Waals surface area contributed by atoms with E-state index in [-0.39, 0.29) is 18.1 Å². The van der Waals surface area contributed by atoms with Gasteiger partial charge >= 0.3 is 0 Å². The van der Waals surface area contributed by atoms with Gasteiger partial charge in [0.15, 0.2) is 0 Å². The molecule has 0 saturated carbocycles. The predicted molar refractivity (Wildman–Crippen MR) is 84.1 cm³/mol. The van der Waals surface area contributed by atoms with Gasteiger partial charge in [0, 0.05) is 20.3 Å². The lowest BCUT2D eigenvalue weighted by Crippen LogP contribution is -2.37. The molecule has 0 spiro atoms. The lowest BCUT2D eigenvalue weighted by atomic mass is 10.0. The second-order valence-corrected chi connectivity index (χ2v) is 6.12. The van der Waals surface area contributed by atoms with Crippen molar-refractivity contribution in [2.75, 3.05) is 33.5 Å². The number of amides is 1. The smallest absolute Gasteiger partial charge is 0.241 e. The summed E-state index contributed by atoms with van der Waals surface area (Å²) in [6.07, 6.45) is 4.07. The Morgan fingerprint density at radius 1 is 1.24 bits per heavy atom. The topological polar surface area (TPSA) is 50.8 Å². The normalized spacial score (nSPS) is 22.5. The Morgan fingerprint density at radius 2 is 2.00 bits per heavy atom. The van der Waals surface area contributed by atoms with Gasteiger partial charge in [0.2, 0.25) is 5.91 Å². The second-order valence-electron chi connectivity index (χ2n) is 6.12. The van der Waals surface area contributed by atoms with E-state index in [4.69, 9.17) is 9.47 Å². The Balaban J connectivity index is 2.27. The van der Waals surface area contributed by atoms with Gasteiger partial charge in [-0.1, -0.05) is 20.8 Å². The molecule has 0 aromatic rings. The Labute approximate surface area is 129 Å². The number of ether oxygens (including phenoxy) is 2.